The molecule has 2 aromatic carbocycles. The lowest BCUT2D eigenvalue weighted by molar-refractivity contribution is -0.132. The summed E-state index contributed by atoms with van der Waals surface area (Å²) in [7, 11) is 0. The van der Waals surface area contributed by atoms with Crippen molar-refractivity contribution in [3.63, 3.8) is 0 Å². The van der Waals surface area contributed by atoms with Crippen LogP contribution in [0.5, 0.6) is 0 Å². The summed E-state index contributed by atoms with van der Waals surface area (Å²) in [4.78, 5) is 77.8. The Morgan fingerprint density at radius 3 is 2.45 bits per heavy atom. The number of Topliss-reactive ketones (excluding diaryl/α,β-unsaturated/α-hetero) is 4. The monoisotopic (exact) mass is 719 g/mol. The second-order valence-corrected chi connectivity index (χ2v) is 13.3. The first-order chi connectivity index (χ1) is 25.6. The molecule has 1 aliphatic carbocycles. The molecule has 53 heavy (non-hydrogen) atoms. The summed E-state index contributed by atoms with van der Waals surface area (Å²) < 4.78 is 7.00. The zero-order valence-corrected chi connectivity index (χ0v) is 30.3. The number of fused-ring (bicyclic) bond motifs is 1. The van der Waals surface area contributed by atoms with Crippen LogP contribution in [-0.4, -0.2) is 63.7 Å². The summed E-state index contributed by atoms with van der Waals surface area (Å²) in [5, 5.41) is 11.9. The number of carbonyl (C=O) groups excluding carboxylic acids is 5. The van der Waals surface area contributed by atoms with Gasteiger partial charge in [0.15, 0.2) is 11.6 Å². The van der Waals surface area contributed by atoms with Crippen LogP contribution >= 0.6 is 0 Å². The predicted molar refractivity (Wildman–Crippen MR) is 201 cm³/mol. The highest BCUT2D eigenvalue weighted by molar-refractivity contribution is 6.03. The minimum atomic E-state index is -0.701. The molecule has 276 valence electrons. The van der Waals surface area contributed by atoms with Gasteiger partial charge in [-0.3, -0.25) is 24.0 Å². The van der Waals surface area contributed by atoms with Crippen molar-refractivity contribution in [1.82, 2.24) is 20.3 Å². The van der Waals surface area contributed by atoms with Crippen LogP contribution in [0.3, 0.4) is 0 Å². The lowest BCUT2D eigenvalue weighted by Crippen LogP contribution is -2.29. The quantitative estimate of drug-likeness (QED) is 0.0434. The lowest BCUT2D eigenvalue weighted by atomic mass is 9.84. The van der Waals surface area contributed by atoms with Crippen molar-refractivity contribution in [2.45, 2.75) is 84.5 Å². The van der Waals surface area contributed by atoms with E-state index in [1.807, 2.05) is 32.0 Å². The first-order valence-electron chi connectivity index (χ1n) is 18.3. The molecule has 0 radical (unpaired) electrons. The van der Waals surface area contributed by atoms with Gasteiger partial charge >= 0.3 is 5.63 Å². The maximum absolute atomic E-state index is 13.4. The molecular weight excluding hydrogens is 674 g/mol. The fourth-order valence-corrected chi connectivity index (χ4v) is 6.56. The molecule has 12 heteroatoms. The topological polar surface area (TPSA) is 162 Å². The minimum absolute atomic E-state index is 0.00398. The van der Waals surface area contributed by atoms with Crippen LogP contribution in [-0.2, 0) is 16.0 Å². The van der Waals surface area contributed by atoms with Crippen molar-refractivity contribution in [2.75, 3.05) is 24.5 Å². The summed E-state index contributed by atoms with van der Waals surface area (Å²) in [6.07, 6.45) is 11.5. The van der Waals surface area contributed by atoms with Gasteiger partial charge in [-0.2, -0.15) is 0 Å². The second-order valence-electron chi connectivity index (χ2n) is 13.3. The Morgan fingerprint density at radius 1 is 0.981 bits per heavy atom. The Hall–Kier alpha value is -5.70. The molecule has 1 amide bonds. The lowest BCUT2D eigenvalue weighted by Gasteiger charge is -2.21. The first-order valence-corrected chi connectivity index (χ1v) is 18.3. The van der Waals surface area contributed by atoms with Crippen LogP contribution in [0.4, 0.5) is 5.69 Å². The van der Waals surface area contributed by atoms with Gasteiger partial charge in [-0.05, 0) is 82.3 Å². The average Bonchev–Trinajstić information content (AvgIpc) is 3.64. The van der Waals surface area contributed by atoms with E-state index in [1.54, 1.807) is 30.5 Å². The van der Waals surface area contributed by atoms with Crippen LogP contribution in [0.2, 0.25) is 0 Å². The molecular formula is C41H45N5O7. The molecule has 2 aromatic heterocycles. The van der Waals surface area contributed by atoms with Crippen LogP contribution in [0.25, 0.3) is 16.7 Å². The number of ketones is 4. The Balaban J connectivity index is 1.16. The van der Waals surface area contributed by atoms with Gasteiger partial charge in [-0.1, -0.05) is 11.6 Å². The van der Waals surface area contributed by atoms with E-state index >= 15 is 0 Å². The standard InChI is InChI=1S/C41H45N5O7/c1-4-7-11-36(48)29-20-30(22-33(21-29)46-26-31(43-44-46)16-13-27-15-18-34(47)25-38(27)50)37(49)12-9-8-10-19-42-40(51)35-23-28-14-17-32(45(5-2)6-3)24-39(28)53-41(35)52/h1,14,17,20-24,26-27H,5-13,15-16,18-19,25H2,2-3H3,(H,42,51). The fraction of sp³-hybridized carbons (Fsp3) is 0.415. The van der Waals surface area contributed by atoms with Crippen molar-refractivity contribution in [2.24, 2.45) is 5.92 Å². The number of hydrogen-bond acceptors (Lipinski definition) is 10. The van der Waals surface area contributed by atoms with E-state index in [1.165, 1.54) is 4.68 Å². The maximum atomic E-state index is 13.4. The molecule has 1 N–H and O–H groups in total. The van der Waals surface area contributed by atoms with Crippen molar-refractivity contribution < 1.29 is 28.4 Å². The molecule has 0 saturated heterocycles. The third-order valence-corrected chi connectivity index (χ3v) is 9.67. The van der Waals surface area contributed by atoms with Crippen LogP contribution in [0, 0.1) is 18.3 Å². The van der Waals surface area contributed by atoms with Gasteiger partial charge < -0.3 is 14.6 Å². The number of nitrogens with one attached hydrogen (secondary N) is 1. The Morgan fingerprint density at radius 2 is 1.74 bits per heavy atom. The van der Waals surface area contributed by atoms with E-state index in [2.05, 4.69) is 26.4 Å². The zero-order chi connectivity index (χ0) is 37.9. The maximum Gasteiger partial charge on any atom is 0.349 e. The van der Waals surface area contributed by atoms with Crippen molar-refractivity contribution in [1.29, 1.82) is 0 Å². The highest BCUT2D eigenvalue weighted by atomic mass is 16.4. The molecule has 12 nitrogen and oxygen atoms in total. The van der Waals surface area contributed by atoms with Crippen molar-refractivity contribution in [3.8, 4) is 18.0 Å². The Labute approximate surface area is 308 Å². The summed E-state index contributed by atoms with van der Waals surface area (Å²) in [5.41, 5.74) is 2.47. The summed E-state index contributed by atoms with van der Waals surface area (Å²) in [5.74, 6) is 1.41. The van der Waals surface area contributed by atoms with Crippen LogP contribution in [0.1, 0.15) is 115 Å². The highest BCUT2D eigenvalue weighted by Crippen LogP contribution is 2.25. The molecule has 4 aromatic rings. The van der Waals surface area contributed by atoms with E-state index in [9.17, 15) is 28.8 Å². The zero-order valence-electron chi connectivity index (χ0n) is 30.3. The van der Waals surface area contributed by atoms with Crippen molar-refractivity contribution in [3.05, 3.63) is 81.5 Å². The minimum Gasteiger partial charge on any atom is -0.422 e. The number of aromatic nitrogens is 3. The largest absolute Gasteiger partial charge is 0.422 e. The molecule has 2 heterocycles. The first kappa shape index (κ1) is 38.5. The van der Waals surface area contributed by atoms with Gasteiger partial charge in [0.1, 0.15) is 22.7 Å². The van der Waals surface area contributed by atoms with Crippen molar-refractivity contribution >= 4 is 45.7 Å². The third kappa shape index (κ3) is 10.0. The van der Waals surface area contributed by atoms with Gasteiger partial charge in [0.05, 0.1) is 24.0 Å². The number of aryl methyl sites for hydroxylation is 1. The molecule has 1 atom stereocenters. The molecule has 1 fully saturated rings. The van der Waals surface area contributed by atoms with Gasteiger partial charge in [0.2, 0.25) is 0 Å². The summed E-state index contributed by atoms with van der Waals surface area (Å²) >= 11 is 0. The van der Waals surface area contributed by atoms with Crippen LogP contribution < -0.4 is 15.8 Å². The summed E-state index contributed by atoms with van der Waals surface area (Å²) in [6.45, 7) is 6.04. The number of nitrogens with zero attached hydrogens (tertiary/aromatic N) is 4. The number of rotatable bonds is 18. The Kier molecular flexibility index (Phi) is 13.2. The second kappa shape index (κ2) is 18.2. The number of benzene rings is 2. The average molecular weight is 720 g/mol. The molecule has 0 bridgehead atoms. The number of carbonyl (C=O) groups is 5. The molecule has 5 rings (SSSR count). The SMILES string of the molecule is C#CCCC(=O)c1cc(C(=O)CCCCCNC(=O)c2cc3ccc(N(CC)CC)cc3oc2=O)cc(-n2cc(CCC3CCC(=O)CC3=O)nn2)c1. The van der Waals surface area contributed by atoms with Gasteiger partial charge in [0, 0.05) is 79.5 Å². The normalized spacial score (nSPS) is 14.2. The predicted octanol–water partition coefficient (Wildman–Crippen LogP) is 5.86. The van der Waals surface area contributed by atoms with E-state index in [0.717, 1.165) is 18.8 Å². The van der Waals surface area contributed by atoms with E-state index in [4.69, 9.17) is 10.8 Å². The molecule has 1 unspecified atom stereocenters. The molecule has 0 aliphatic heterocycles. The number of unbranched alkanes of at least 4 members (excludes halogenated alkanes) is 2. The third-order valence-electron chi connectivity index (χ3n) is 9.67. The van der Waals surface area contributed by atoms with Crippen LogP contribution in [0.15, 0.2) is 57.9 Å². The van der Waals surface area contributed by atoms with E-state index < -0.39 is 11.5 Å². The molecule has 0 spiro atoms. The Bertz CT molecular complexity index is 2100. The van der Waals surface area contributed by atoms with Gasteiger partial charge in [-0.15, -0.1) is 17.4 Å². The number of anilines is 1. The smallest absolute Gasteiger partial charge is 0.349 e. The summed E-state index contributed by atoms with van der Waals surface area (Å²) in [6, 6.07) is 12.0. The number of amides is 1. The number of terminal acetylenes is 1. The van der Waals surface area contributed by atoms with Gasteiger partial charge in [0.25, 0.3) is 5.91 Å². The molecule has 1 aliphatic rings. The van der Waals surface area contributed by atoms with E-state index in [-0.39, 0.29) is 60.3 Å². The molecule has 1 saturated carbocycles. The fourth-order valence-electron chi connectivity index (χ4n) is 6.56. The number of hydrogen-bond donors (Lipinski definition) is 1. The van der Waals surface area contributed by atoms with E-state index in [0.29, 0.717) is 85.0 Å². The highest BCUT2D eigenvalue weighted by Gasteiger charge is 2.27. The van der Waals surface area contributed by atoms with Gasteiger partial charge in [-0.25, -0.2) is 9.48 Å².